The molecule has 0 unspecified atom stereocenters. The molecule has 2 fully saturated rings. The Morgan fingerprint density at radius 2 is 2.21 bits per heavy atom. The Hall–Kier alpha value is -2.51. The van der Waals surface area contributed by atoms with E-state index in [1.54, 1.807) is 11.1 Å². The molecule has 2 saturated heterocycles. The fourth-order valence-electron chi connectivity index (χ4n) is 4.58. The van der Waals surface area contributed by atoms with E-state index in [1.807, 2.05) is 37.3 Å². The van der Waals surface area contributed by atoms with Gasteiger partial charge in [-0.15, -0.1) is 11.3 Å². The van der Waals surface area contributed by atoms with Gasteiger partial charge in [0.15, 0.2) is 5.13 Å². The summed E-state index contributed by atoms with van der Waals surface area (Å²) >= 11 is 1.47. The number of anilines is 1. The molecule has 4 heterocycles. The maximum absolute atomic E-state index is 13.0. The normalized spacial score (nSPS) is 30.1. The quantitative estimate of drug-likeness (QED) is 0.790. The van der Waals surface area contributed by atoms with Crippen molar-refractivity contribution in [2.24, 2.45) is 11.8 Å². The molecule has 0 saturated carbocycles. The summed E-state index contributed by atoms with van der Waals surface area (Å²) < 4.78 is 6.09. The van der Waals surface area contributed by atoms with Gasteiger partial charge >= 0.3 is 0 Å². The van der Waals surface area contributed by atoms with Crippen LogP contribution in [-0.2, 0) is 20.7 Å². The molecule has 2 aromatic rings. The zero-order valence-corrected chi connectivity index (χ0v) is 16.3. The predicted octanol–water partition coefficient (Wildman–Crippen LogP) is 2.47. The van der Waals surface area contributed by atoms with Gasteiger partial charge in [0, 0.05) is 24.0 Å². The number of aromatic nitrogens is 1. The highest BCUT2D eigenvalue weighted by atomic mass is 32.1. The van der Waals surface area contributed by atoms with Gasteiger partial charge in [0.1, 0.15) is 5.60 Å². The second-order valence-electron chi connectivity index (χ2n) is 7.54. The zero-order chi connectivity index (χ0) is 19.3. The minimum atomic E-state index is -0.638. The molecule has 4 atom stereocenters. The van der Waals surface area contributed by atoms with Crippen molar-refractivity contribution in [3.8, 4) is 0 Å². The van der Waals surface area contributed by atoms with Crippen molar-refractivity contribution in [3.05, 3.63) is 59.1 Å². The molecule has 144 valence electrons. The Morgan fingerprint density at radius 3 is 3.00 bits per heavy atom. The second-order valence-corrected chi connectivity index (χ2v) is 8.65. The third-order valence-corrected chi connectivity index (χ3v) is 6.78. The summed E-state index contributed by atoms with van der Waals surface area (Å²) in [5.74, 6) is -1.12. The number of hydrogen-bond donors (Lipinski definition) is 1. The summed E-state index contributed by atoms with van der Waals surface area (Å²) in [5.41, 5.74) is 0.565. The molecule has 1 aromatic carbocycles. The summed E-state index contributed by atoms with van der Waals surface area (Å²) in [7, 11) is 0. The molecule has 3 aliphatic rings. The van der Waals surface area contributed by atoms with Crippen molar-refractivity contribution < 1.29 is 14.3 Å². The first-order chi connectivity index (χ1) is 13.6. The number of hydrogen-bond acceptors (Lipinski definition) is 5. The number of benzene rings is 1. The van der Waals surface area contributed by atoms with Crippen LogP contribution in [0.3, 0.4) is 0 Å². The summed E-state index contributed by atoms with van der Waals surface area (Å²) in [6.07, 6.45) is 6.14. The Bertz CT molecular complexity index is 957. The van der Waals surface area contributed by atoms with Gasteiger partial charge in [-0.3, -0.25) is 9.59 Å². The second kappa shape index (κ2) is 6.53. The monoisotopic (exact) mass is 395 g/mol. The molecule has 28 heavy (non-hydrogen) atoms. The Labute approximate surface area is 167 Å². The third-order valence-electron chi connectivity index (χ3n) is 5.87. The molecular formula is C21H21N3O3S. The van der Waals surface area contributed by atoms with Crippen LogP contribution in [-0.4, -0.2) is 46.5 Å². The maximum atomic E-state index is 13.0. The van der Waals surface area contributed by atoms with Crippen LogP contribution in [0.25, 0.3) is 0 Å². The maximum Gasteiger partial charge on any atom is 0.233 e. The summed E-state index contributed by atoms with van der Waals surface area (Å²) in [4.78, 5) is 33.0. The number of rotatable bonds is 5. The zero-order valence-electron chi connectivity index (χ0n) is 15.5. The first-order valence-electron chi connectivity index (χ1n) is 9.55. The molecule has 1 aromatic heterocycles. The molecule has 5 rings (SSSR count). The molecule has 6 nitrogen and oxygen atoms in total. The SMILES string of the molecule is CCN1C[C@@]23C=C[C@@H](O2)[C@H](C(=O)Nc2ncc(Cc4ccccc4)s2)[C@H]3C1=O. The highest BCUT2D eigenvalue weighted by Crippen LogP contribution is 2.52. The van der Waals surface area contributed by atoms with E-state index < -0.39 is 17.4 Å². The number of likely N-dealkylation sites (tertiary alicyclic amines) is 1. The minimum Gasteiger partial charge on any atom is -0.360 e. The lowest BCUT2D eigenvalue weighted by Crippen LogP contribution is -2.41. The smallest absolute Gasteiger partial charge is 0.233 e. The van der Waals surface area contributed by atoms with Crippen LogP contribution >= 0.6 is 11.3 Å². The first kappa shape index (κ1) is 17.6. The fraction of sp³-hybridized carbons (Fsp3) is 0.381. The lowest BCUT2D eigenvalue weighted by molar-refractivity contribution is -0.135. The Balaban J connectivity index is 1.31. The number of thiazole rings is 1. The molecule has 1 N–H and O–H groups in total. The van der Waals surface area contributed by atoms with Gasteiger partial charge in [-0.2, -0.15) is 0 Å². The highest BCUT2D eigenvalue weighted by Gasteiger charge is 2.66. The van der Waals surface area contributed by atoms with Gasteiger partial charge < -0.3 is 15.0 Å². The molecule has 0 aliphatic carbocycles. The van der Waals surface area contributed by atoms with Crippen molar-refractivity contribution in [2.45, 2.75) is 25.0 Å². The predicted molar refractivity (Wildman–Crippen MR) is 106 cm³/mol. The van der Waals surface area contributed by atoms with Crippen LogP contribution in [0.5, 0.6) is 0 Å². The number of carbonyl (C=O) groups excluding carboxylic acids is 2. The average molecular weight is 395 g/mol. The molecule has 7 heteroatoms. The molecule has 0 radical (unpaired) electrons. The molecular weight excluding hydrogens is 374 g/mol. The van der Waals surface area contributed by atoms with Crippen molar-refractivity contribution in [1.29, 1.82) is 0 Å². The largest absolute Gasteiger partial charge is 0.360 e. The van der Waals surface area contributed by atoms with Gasteiger partial charge in [-0.25, -0.2) is 4.98 Å². The van der Waals surface area contributed by atoms with Crippen molar-refractivity contribution >= 4 is 28.3 Å². The number of nitrogens with one attached hydrogen (secondary N) is 1. The first-order valence-corrected chi connectivity index (χ1v) is 10.4. The Morgan fingerprint density at radius 1 is 1.39 bits per heavy atom. The third kappa shape index (κ3) is 2.69. The molecule has 3 aliphatic heterocycles. The Kier molecular flexibility index (Phi) is 4.10. The summed E-state index contributed by atoms with van der Waals surface area (Å²) in [5, 5.41) is 3.49. The van der Waals surface area contributed by atoms with Crippen LogP contribution in [0, 0.1) is 11.8 Å². The van der Waals surface area contributed by atoms with E-state index in [9.17, 15) is 9.59 Å². The number of ether oxygens (including phenoxy) is 1. The fourth-order valence-corrected chi connectivity index (χ4v) is 5.43. The lowest BCUT2D eigenvalue weighted by Gasteiger charge is -2.23. The van der Waals surface area contributed by atoms with E-state index in [0.717, 1.165) is 11.3 Å². The number of amides is 2. The number of carbonyl (C=O) groups is 2. The molecule has 2 bridgehead atoms. The van der Waals surface area contributed by atoms with E-state index in [2.05, 4.69) is 22.4 Å². The van der Waals surface area contributed by atoms with Crippen LogP contribution in [0.4, 0.5) is 5.13 Å². The topological polar surface area (TPSA) is 71.5 Å². The van der Waals surface area contributed by atoms with E-state index in [0.29, 0.717) is 18.2 Å². The standard InChI is InChI=1S/C21H21N3O3S/c1-2-24-12-21-9-8-15(27-21)16(17(21)19(24)26)18(25)23-20-22-11-14(28-20)10-13-6-4-3-5-7-13/h3-9,11,15-17H,2,10,12H2,1H3,(H,22,23,25)/t15-,16+,17+,21-/m1/s1. The summed E-state index contributed by atoms with van der Waals surface area (Å²) in [6, 6.07) is 10.2. The number of nitrogens with zero attached hydrogens (tertiary/aromatic N) is 2. The van der Waals surface area contributed by atoms with Crippen LogP contribution in [0.15, 0.2) is 48.7 Å². The van der Waals surface area contributed by atoms with E-state index in [-0.39, 0.29) is 17.9 Å². The summed E-state index contributed by atoms with van der Waals surface area (Å²) in [6.45, 7) is 3.11. The van der Waals surface area contributed by atoms with Crippen molar-refractivity contribution in [3.63, 3.8) is 0 Å². The van der Waals surface area contributed by atoms with E-state index in [1.165, 1.54) is 16.9 Å². The van der Waals surface area contributed by atoms with E-state index in [4.69, 9.17) is 4.74 Å². The van der Waals surface area contributed by atoms with Crippen LogP contribution < -0.4 is 5.32 Å². The molecule has 2 amide bonds. The van der Waals surface area contributed by atoms with Gasteiger partial charge in [0.2, 0.25) is 11.8 Å². The van der Waals surface area contributed by atoms with Crippen molar-refractivity contribution in [1.82, 2.24) is 9.88 Å². The molecule has 1 spiro atoms. The average Bonchev–Trinajstić information content (AvgIpc) is 3.44. The van der Waals surface area contributed by atoms with Gasteiger partial charge in [-0.05, 0) is 12.5 Å². The lowest BCUT2D eigenvalue weighted by atomic mass is 9.77. The van der Waals surface area contributed by atoms with Crippen LogP contribution in [0.1, 0.15) is 17.4 Å². The number of likely N-dealkylation sites (N-methyl/N-ethyl adjacent to an activating group) is 1. The van der Waals surface area contributed by atoms with E-state index >= 15 is 0 Å². The van der Waals surface area contributed by atoms with Gasteiger partial charge in [-0.1, -0.05) is 42.5 Å². The van der Waals surface area contributed by atoms with Crippen LogP contribution in [0.2, 0.25) is 0 Å². The van der Waals surface area contributed by atoms with Gasteiger partial charge in [0.25, 0.3) is 0 Å². The van der Waals surface area contributed by atoms with Gasteiger partial charge in [0.05, 0.1) is 24.5 Å². The number of fused-ring (bicyclic) bond motifs is 1. The van der Waals surface area contributed by atoms with Crippen molar-refractivity contribution in [2.75, 3.05) is 18.4 Å². The minimum absolute atomic E-state index is 0.0124. The highest BCUT2D eigenvalue weighted by molar-refractivity contribution is 7.15.